The van der Waals surface area contributed by atoms with Crippen molar-refractivity contribution in [2.24, 2.45) is 0 Å². The summed E-state index contributed by atoms with van der Waals surface area (Å²) in [6.45, 7) is 2.11. The number of carboxylic acids is 1. The summed E-state index contributed by atoms with van der Waals surface area (Å²) in [7, 11) is 0. The van der Waals surface area contributed by atoms with Crippen LogP contribution >= 0.6 is 0 Å². The maximum atomic E-state index is 10.3. The molecular weight excluding hydrogens is 312 g/mol. The zero-order valence-corrected chi connectivity index (χ0v) is 15.3. The molecular formula is C22H32O3. The van der Waals surface area contributed by atoms with Gasteiger partial charge in [0.15, 0.2) is 0 Å². The Morgan fingerprint density at radius 2 is 1.44 bits per heavy atom. The van der Waals surface area contributed by atoms with Crippen molar-refractivity contribution in [3.8, 4) is 0 Å². The molecule has 0 spiro atoms. The molecule has 0 aliphatic carbocycles. The lowest BCUT2D eigenvalue weighted by Crippen LogP contribution is -1.98. The number of aliphatic hydroxyl groups is 1. The van der Waals surface area contributed by atoms with Gasteiger partial charge in [-0.2, -0.15) is 0 Å². The van der Waals surface area contributed by atoms with Crippen LogP contribution in [0.25, 0.3) is 0 Å². The highest BCUT2D eigenvalue weighted by Crippen LogP contribution is 1.99. The van der Waals surface area contributed by atoms with Crippen molar-refractivity contribution >= 4 is 5.97 Å². The van der Waals surface area contributed by atoms with Gasteiger partial charge in [0.1, 0.15) is 0 Å². The molecule has 25 heavy (non-hydrogen) atoms. The van der Waals surface area contributed by atoms with Crippen molar-refractivity contribution in [1.82, 2.24) is 0 Å². The van der Waals surface area contributed by atoms with E-state index in [0.29, 0.717) is 12.8 Å². The molecule has 1 unspecified atom stereocenters. The largest absolute Gasteiger partial charge is 0.481 e. The average Bonchev–Trinajstić information content (AvgIpc) is 2.58. The SMILES string of the molecule is CCC=CCC=CC=CC(O)CC=CCC=CCC=CCCC(=O)O. The number of hydrogen-bond donors (Lipinski definition) is 2. The van der Waals surface area contributed by atoms with Gasteiger partial charge < -0.3 is 10.2 Å². The zero-order valence-electron chi connectivity index (χ0n) is 15.3. The van der Waals surface area contributed by atoms with Gasteiger partial charge in [0.25, 0.3) is 0 Å². The van der Waals surface area contributed by atoms with Gasteiger partial charge >= 0.3 is 5.97 Å². The van der Waals surface area contributed by atoms with Crippen LogP contribution in [0.1, 0.15) is 51.9 Å². The Morgan fingerprint density at radius 1 is 0.840 bits per heavy atom. The number of hydrogen-bond acceptors (Lipinski definition) is 2. The molecule has 0 saturated carbocycles. The predicted octanol–water partition coefficient (Wildman–Crippen LogP) is 5.52. The zero-order chi connectivity index (χ0) is 18.6. The van der Waals surface area contributed by atoms with Gasteiger partial charge in [0.05, 0.1) is 6.10 Å². The lowest BCUT2D eigenvalue weighted by atomic mass is 10.2. The molecule has 0 heterocycles. The molecule has 2 N–H and O–H groups in total. The van der Waals surface area contributed by atoms with Crippen LogP contribution in [-0.2, 0) is 4.79 Å². The average molecular weight is 344 g/mol. The molecule has 0 aromatic carbocycles. The molecule has 0 saturated heterocycles. The minimum atomic E-state index is -0.762. The molecule has 0 aliphatic heterocycles. The highest BCUT2D eigenvalue weighted by Gasteiger charge is 1.92. The molecule has 3 heteroatoms. The summed E-state index contributed by atoms with van der Waals surface area (Å²) in [5, 5.41) is 18.3. The van der Waals surface area contributed by atoms with Gasteiger partial charge in [-0.15, -0.1) is 0 Å². The van der Waals surface area contributed by atoms with Crippen LogP contribution in [0.5, 0.6) is 0 Å². The second-order valence-electron chi connectivity index (χ2n) is 5.55. The number of aliphatic carboxylic acids is 1. The van der Waals surface area contributed by atoms with Gasteiger partial charge in [-0.05, 0) is 38.5 Å². The van der Waals surface area contributed by atoms with Crippen molar-refractivity contribution in [2.45, 2.75) is 58.0 Å². The first-order valence-corrected chi connectivity index (χ1v) is 9.00. The Balaban J connectivity index is 3.70. The molecule has 0 bridgehead atoms. The van der Waals surface area contributed by atoms with Crippen molar-refractivity contribution < 1.29 is 15.0 Å². The second kappa shape index (κ2) is 18.2. The number of allylic oxidation sites excluding steroid dienone is 10. The third kappa shape index (κ3) is 19.8. The summed E-state index contributed by atoms with van der Waals surface area (Å²) < 4.78 is 0. The van der Waals surface area contributed by atoms with Crippen molar-refractivity contribution in [3.63, 3.8) is 0 Å². The normalized spacial score (nSPS) is 14.3. The molecule has 0 aliphatic rings. The first-order valence-electron chi connectivity index (χ1n) is 9.00. The first kappa shape index (κ1) is 22.9. The van der Waals surface area contributed by atoms with Crippen LogP contribution in [0.3, 0.4) is 0 Å². The minimum absolute atomic E-state index is 0.186. The van der Waals surface area contributed by atoms with E-state index in [2.05, 4.69) is 37.3 Å². The smallest absolute Gasteiger partial charge is 0.303 e. The molecule has 0 amide bonds. The van der Waals surface area contributed by atoms with Crippen molar-refractivity contribution in [3.05, 3.63) is 72.9 Å². The Labute approximate surface area is 152 Å². The quantitative estimate of drug-likeness (QED) is 0.322. The van der Waals surface area contributed by atoms with Gasteiger partial charge in [-0.1, -0.05) is 79.8 Å². The Bertz CT molecular complexity index is 493. The summed E-state index contributed by atoms with van der Waals surface area (Å²) in [5.74, 6) is -0.762. The van der Waals surface area contributed by atoms with E-state index in [-0.39, 0.29) is 6.42 Å². The molecule has 3 nitrogen and oxygen atoms in total. The molecule has 0 aromatic rings. The Kier molecular flexibility index (Phi) is 16.7. The highest BCUT2D eigenvalue weighted by atomic mass is 16.4. The van der Waals surface area contributed by atoms with E-state index in [1.807, 2.05) is 36.5 Å². The second-order valence-corrected chi connectivity index (χ2v) is 5.55. The molecule has 0 radical (unpaired) electrons. The monoisotopic (exact) mass is 344 g/mol. The Hall–Kier alpha value is -2.13. The molecule has 138 valence electrons. The summed E-state index contributed by atoms with van der Waals surface area (Å²) in [5.41, 5.74) is 0. The fourth-order valence-electron chi connectivity index (χ4n) is 1.87. The van der Waals surface area contributed by atoms with E-state index < -0.39 is 12.1 Å². The molecule has 1 atom stereocenters. The van der Waals surface area contributed by atoms with Crippen LogP contribution in [0.4, 0.5) is 0 Å². The number of rotatable bonds is 14. The predicted molar refractivity (Wildman–Crippen MR) is 106 cm³/mol. The number of carboxylic acid groups (broad SMARTS) is 1. The Morgan fingerprint density at radius 3 is 2.12 bits per heavy atom. The van der Waals surface area contributed by atoms with E-state index in [1.54, 1.807) is 6.08 Å². The maximum Gasteiger partial charge on any atom is 0.303 e. The fraction of sp³-hybridized carbons (Fsp3) is 0.409. The minimum Gasteiger partial charge on any atom is -0.481 e. The third-order valence-electron chi connectivity index (χ3n) is 3.20. The summed E-state index contributed by atoms with van der Waals surface area (Å²) in [6.07, 6.45) is 28.5. The molecule has 0 rings (SSSR count). The number of aliphatic hydroxyl groups excluding tert-OH is 1. The van der Waals surface area contributed by atoms with Gasteiger partial charge in [-0.25, -0.2) is 0 Å². The van der Waals surface area contributed by atoms with Crippen LogP contribution in [0, 0.1) is 0 Å². The van der Waals surface area contributed by atoms with Crippen LogP contribution in [0.2, 0.25) is 0 Å². The maximum absolute atomic E-state index is 10.3. The standard InChI is InChI=1S/C22H32O3/c1-2-3-4-5-9-12-15-18-21(23)19-16-13-10-7-6-8-11-14-17-20-22(24)25/h3-4,6-7,9,11-16,18,21,23H,2,5,8,10,17,19-20H2,1H3,(H,24,25). The van der Waals surface area contributed by atoms with Gasteiger partial charge in [0.2, 0.25) is 0 Å². The summed E-state index contributed by atoms with van der Waals surface area (Å²) >= 11 is 0. The van der Waals surface area contributed by atoms with Crippen molar-refractivity contribution in [2.75, 3.05) is 0 Å². The van der Waals surface area contributed by atoms with E-state index >= 15 is 0 Å². The number of carbonyl (C=O) groups is 1. The first-order chi connectivity index (χ1) is 12.2. The highest BCUT2D eigenvalue weighted by molar-refractivity contribution is 5.66. The van der Waals surface area contributed by atoms with Crippen LogP contribution < -0.4 is 0 Å². The van der Waals surface area contributed by atoms with Gasteiger partial charge in [-0.3, -0.25) is 4.79 Å². The molecule has 0 fully saturated rings. The van der Waals surface area contributed by atoms with E-state index in [9.17, 15) is 9.90 Å². The summed E-state index contributed by atoms with van der Waals surface area (Å²) in [6, 6.07) is 0. The lowest BCUT2D eigenvalue weighted by molar-refractivity contribution is -0.136. The lowest BCUT2D eigenvalue weighted by Gasteiger charge is -1.98. The van der Waals surface area contributed by atoms with E-state index in [4.69, 9.17) is 5.11 Å². The molecule has 0 aromatic heterocycles. The third-order valence-corrected chi connectivity index (χ3v) is 3.20. The fourth-order valence-corrected chi connectivity index (χ4v) is 1.87. The topological polar surface area (TPSA) is 57.5 Å². The van der Waals surface area contributed by atoms with Crippen molar-refractivity contribution in [1.29, 1.82) is 0 Å². The van der Waals surface area contributed by atoms with Crippen LogP contribution in [-0.4, -0.2) is 22.3 Å². The summed E-state index contributed by atoms with van der Waals surface area (Å²) in [4.78, 5) is 10.3. The van der Waals surface area contributed by atoms with E-state index in [1.165, 1.54) is 0 Å². The van der Waals surface area contributed by atoms with Crippen LogP contribution in [0.15, 0.2) is 72.9 Å². The van der Waals surface area contributed by atoms with E-state index in [0.717, 1.165) is 25.7 Å². The van der Waals surface area contributed by atoms with Gasteiger partial charge in [0, 0.05) is 6.42 Å².